The Bertz CT molecular complexity index is 436. The summed E-state index contributed by atoms with van der Waals surface area (Å²) in [6.45, 7) is 1.83. The van der Waals surface area contributed by atoms with E-state index >= 15 is 0 Å². The van der Waals surface area contributed by atoms with Gasteiger partial charge in [-0.3, -0.25) is 4.79 Å². The maximum atomic E-state index is 13.8. The molecule has 0 saturated carbocycles. The molecule has 1 aromatic rings. The molecule has 1 aromatic carbocycles. The second-order valence-electron chi connectivity index (χ2n) is 4.44. The monoisotopic (exact) mass is 308 g/mol. The molecule has 0 bridgehead atoms. The molecule has 0 fully saturated rings. The normalized spacial score (nSPS) is 10.0. The minimum Gasteiger partial charge on any atom is -0.663 e. The largest absolute Gasteiger partial charge is 1.00 e. The first kappa shape index (κ1) is 20.2. The predicted octanol–water partition coefficient (Wildman–Crippen LogP) is 1.22. The van der Waals surface area contributed by atoms with Crippen LogP contribution in [0.3, 0.4) is 0 Å². The molecule has 0 aliphatic heterocycles. The minimum absolute atomic E-state index is 0. The van der Waals surface area contributed by atoms with Crippen molar-refractivity contribution in [2.75, 3.05) is 0 Å². The maximum absolute atomic E-state index is 13.8. The zero-order valence-electron chi connectivity index (χ0n) is 12.2. The van der Waals surface area contributed by atoms with E-state index in [1.165, 1.54) is 12.1 Å². The number of benzene rings is 1. The van der Waals surface area contributed by atoms with Crippen molar-refractivity contribution in [2.24, 2.45) is 0 Å². The Morgan fingerprint density at radius 3 is 2.55 bits per heavy atom. The summed E-state index contributed by atoms with van der Waals surface area (Å²) in [5, 5.41) is 0. The van der Waals surface area contributed by atoms with Gasteiger partial charge in [-0.2, -0.15) is 7.11 Å². The molecular formula is C15H19F2KO2. The van der Waals surface area contributed by atoms with E-state index in [0.717, 1.165) is 12.8 Å². The van der Waals surface area contributed by atoms with Gasteiger partial charge in [-0.25, -0.2) is 8.78 Å². The number of halogens is 2. The molecule has 0 radical (unpaired) electrons. The summed E-state index contributed by atoms with van der Waals surface area (Å²) in [6.07, 6.45) is 3.58. The number of hydrogen-bond donors (Lipinski definition) is 0. The summed E-state index contributed by atoms with van der Waals surface area (Å²) in [7, 11) is 3.13. The van der Waals surface area contributed by atoms with Gasteiger partial charge in [-0.15, -0.1) is 0 Å². The molecule has 20 heavy (non-hydrogen) atoms. The van der Waals surface area contributed by atoms with Crippen LogP contribution in [0.15, 0.2) is 12.1 Å². The standard InChI is InChI=1S/C15H19F2O2.K/c1-3-11(18)7-5-4-6-8-12-13(16)9-10-14(19-2)15(12)17;/h9-10H,2-8H2,1H3;/q-1;+1. The number of unbranched alkanes of at least 4 members (excludes halogenated alkanes) is 2. The van der Waals surface area contributed by atoms with Gasteiger partial charge < -0.3 is 4.74 Å². The van der Waals surface area contributed by atoms with Crippen LogP contribution in [0.25, 0.3) is 0 Å². The SMILES string of the molecule is [CH2-]Oc1ccc(F)c(CCCCCC(=O)CC)c1F.[K+]. The Kier molecular flexibility index (Phi) is 10.9. The number of ether oxygens (including phenoxy) is 1. The average Bonchev–Trinajstić information content (AvgIpc) is 2.41. The minimum atomic E-state index is -0.681. The molecule has 0 aliphatic carbocycles. The smallest absolute Gasteiger partial charge is 0.663 e. The van der Waals surface area contributed by atoms with Gasteiger partial charge in [-0.05, 0) is 31.4 Å². The van der Waals surface area contributed by atoms with E-state index in [1.807, 2.05) is 6.92 Å². The van der Waals surface area contributed by atoms with Gasteiger partial charge in [0.05, 0.1) is 0 Å². The summed E-state index contributed by atoms with van der Waals surface area (Å²) in [4.78, 5) is 11.1. The predicted molar refractivity (Wildman–Crippen MR) is 69.8 cm³/mol. The first-order valence-electron chi connectivity index (χ1n) is 6.50. The van der Waals surface area contributed by atoms with Crippen LogP contribution in [-0.4, -0.2) is 5.78 Å². The third kappa shape index (κ3) is 6.31. The van der Waals surface area contributed by atoms with E-state index in [1.54, 1.807) is 0 Å². The average molecular weight is 308 g/mol. The Hall–Kier alpha value is 0.186. The Balaban J connectivity index is 0.00000361. The van der Waals surface area contributed by atoms with Gasteiger partial charge in [0.1, 0.15) is 17.3 Å². The maximum Gasteiger partial charge on any atom is 1.00 e. The second-order valence-corrected chi connectivity index (χ2v) is 4.44. The van der Waals surface area contributed by atoms with Gasteiger partial charge in [0.2, 0.25) is 0 Å². The Morgan fingerprint density at radius 2 is 1.95 bits per heavy atom. The van der Waals surface area contributed by atoms with Crippen LogP contribution in [0, 0.1) is 18.7 Å². The van der Waals surface area contributed by atoms with Gasteiger partial charge in [0.25, 0.3) is 0 Å². The second kappa shape index (κ2) is 10.8. The summed E-state index contributed by atoms with van der Waals surface area (Å²) < 4.78 is 31.8. The van der Waals surface area contributed by atoms with E-state index in [-0.39, 0.29) is 68.5 Å². The number of ketones is 1. The zero-order valence-corrected chi connectivity index (χ0v) is 15.3. The third-order valence-electron chi connectivity index (χ3n) is 3.08. The van der Waals surface area contributed by atoms with Crippen LogP contribution in [0.2, 0.25) is 0 Å². The van der Waals surface area contributed by atoms with Crippen molar-refractivity contribution >= 4 is 5.78 Å². The molecule has 0 atom stereocenters. The topological polar surface area (TPSA) is 26.3 Å². The van der Waals surface area contributed by atoms with E-state index < -0.39 is 11.6 Å². The van der Waals surface area contributed by atoms with Crippen molar-refractivity contribution in [3.05, 3.63) is 36.4 Å². The molecule has 1 rings (SSSR count). The van der Waals surface area contributed by atoms with Crippen LogP contribution >= 0.6 is 0 Å². The van der Waals surface area contributed by atoms with Crippen molar-refractivity contribution in [1.82, 2.24) is 0 Å². The fourth-order valence-electron chi connectivity index (χ4n) is 1.89. The van der Waals surface area contributed by atoms with Crippen LogP contribution in [0.5, 0.6) is 5.75 Å². The van der Waals surface area contributed by atoms with Gasteiger partial charge in [-0.1, -0.05) is 13.3 Å². The van der Waals surface area contributed by atoms with Gasteiger partial charge >= 0.3 is 51.4 Å². The molecule has 0 spiro atoms. The molecule has 2 nitrogen and oxygen atoms in total. The molecule has 0 saturated heterocycles. The van der Waals surface area contributed by atoms with Crippen molar-refractivity contribution in [2.45, 2.75) is 45.4 Å². The Labute approximate surface area is 161 Å². The van der Waals surface area contributed by atoms with Crippen molar-refractivity contribution in [3.63, 3.8) is 0 Å². The first-order valence-corrected chi connectivity index (χ1v) is 6.50. The molecule has 0 heterocycles. The van der Waals surface area contributed by atoms with Crippen molar-refractivity contribution in [3.8, 4) is 5.75 Å². The number of rotatable bonds is 8. The fourth-order valence-corrected chi connectivity index (χ4v) is 1.89. The van der Waals surface area contributed by atoms with Gasteiger partial charge in [0, 0.05) is 18.4 Å². The van der Waals surface area contributed by atoms with Crippen LogP contribution in [0.4, 0.5) is 8.78 Å². The third-order valence-corrected chi connectivity index (χ3v) is 3.08. The zero-order chi connectivity index (χ0) is 14.3. The van der Waals surface area contributed by atoms with Crippen molar-refractivity contribution < 1.29 is 69.7 Å². The van der Waals surface area contributed by atoms with Gasteiger partial charge in [0.15, 0.2) is 5.82 Å². The summed E-state index contributed by atoms with van der Waals surface area (Å²) in [5.74, 6) is -1.06. The summed E-state index contributed by atoms with van der Waals surface area (Å²) in [6, 6.07) is 2.40. The van der Waals surface area contributed by atoms with E-state index in [4.69, 9.17) is 0 Å². The van der Waals surface area contributed by atoms with E-state index in [2.05, 4.69) is 11.8 Å². The molecule has 0 aliphatic rings. The molecule has 0 amide bonds. The number of hydrogen-bond acceptors (Lipinski definition) is 2. The molecule has 106 valence electrons. The molecule has 0 N–H and O–H groups in total. The number of carbonyl (C=O) groups excluding carboxylic acids is 1. The van der Waals surface area contributed by atoms with Crippen LogP contribution in [0.1, 0.15) is 44.6 Å². The number of Topliss-reactive ketones (excluding diaryl/α,β-unsaturated/α-hetero) is 1. The van der Waals surface area contributed by atoms with E-state index in [0.29, 0.717) is 25.7 Å². The first-order chi connectivity index (χ1) is 9.10. The molecule has 0 aromatic heterocycles. The number of carbonyl (C=O) groups is 1. The van der Waals surface area contributed by atoms with Crippen LogP contribution < -0.4 is 56.1 Å². The molecule has 0 unspecified atom stereocenters. The summed E-state index contributed by atoms with van der Waals surface area (Å²) >= 11 is 0. The fraction of sp³-hybridized carbons (Fsp3) is 0.467. The molecule has 5 heteroatoms. The Morgan fingerprint density at radius 1 is 1.25 bits per heavy atom. The van der Waals surface area contributed by atoms with Crippen molar-refractivity contribution in [1.29, 1.82) is 0 Å². The molecular weight excluding hydrogens is 289 g/mol. The quantitative estimate of drug-likeness (QED) is 0.410. The van der Waals surface area contributed by atoms with Crippen LogP contribution in [-0.2, 0) is 11.2 Å². The summed E-state index contributed by atoms with van der Waals surface area (Å²) in [5.41, 5.74) is 0.0305. The van der Waals surface area contributed by atoms with E-state index in [9.17, 15) is 13.6 Å².